The normalized spacial score (nSPS) is 27.2. The first-order valence-corrected chi connectivity index (χ1v) is 7.13. The van der Waals surface area contributed by atoms with E-state index in [2.05, 4.69) is 40.4 Å². The molecule has 3 atom stereocenters. The van der Waals surface area contributed by atoms with Crippen LogP contribution in [0.2, 0.25) is 0 Å². The second-order valence-corrected chi connectivity index (χ2v) is 6.76. The van der Waals surface area contributed by atoms with Gasteiger partial charge in [-0.2, -0.15) is 0 Å². The van der Waals surface area contributed by atoms with Gasteiger partial charge in [0.1, 0.15) is 0 Å². The van der Waals surface area contributed by atoms with Crippen LogP contribution in [0, 0.1) is 5.92 Å². The van der Waals surface area contributed by atoms with Gasteiger partial charge >= 0.3 is 0 Å². The van der Waals surface area contributed by atoms with Crippen LogP contribution >= 0.6 is 27.3 Å². The van der Waals surface area contributed by atoms with Crippen molar-refractivity contribution in [3.05, 3.63) is 20.8 Å². The van der Waals surface area contributed by atoms with Crippen molar-refractivity contribution in [2.24, 2.45) is 11.8 Å². The molecule has 90 valence electrons. The Bertz CT molecular complexity index is 344. The summed E-state index contributed by atoms with van der Waals surface area (Å²) in [4.78, 5) is 1.36. The third-order valence-electron chi connectivity index (χ3n) is 3.22. The third kappa shape index (κ3) is 2.84. The van der Waals surface area contributed by atoms with Gasteiger partial charge in [-0.15, -0.1) is 11.3 Å². The Hall–Kier alpha value is 0.0600. The molecule has 2 rings (SSSR count). The molecule has 3 nitrogen and oxygen atoms in total. The van der Waals surface area contributed by atoms with Crippen molar-refractivity contribution in [1.82, 2.24) is 5.43 Å². The first kappa shape index (κ1) is 12.5. The fourth-order valence-electron chi connectivity index (χ4n) is 2.29. The Kier molecular flexibility index (Phi) is 4.38. The summed E-state index contributed by atoms with van der Waals surface area (Å²) in [7, 11) is 0. The van der Waals surface area contributed by atoms with Crippen molar-refractivity contribution < 1.29 is 4.74 Å². The highest BCUT2D eigenvalue weighted by Crippen LogP contribution is 2.28. The molecule has 0 bridgehead atoms. The highest BCUT2D eigenvalue weighted by molar-refractivity contribution is 9.11. The lowest BCUT2D eigenvalue weighted by molar-refractivity contribution is 0.0955. The average Bonchev–Trinajstić information content (AvgIpc) is 2.84. The highest BCUT2D eigenvalue weighted by Gasteiger charge is 2.31. The number of hydrogen-bond donors (Lipinski definition) is 2. The molecule has 16 heavy (non-hydrogen) atoms. The van der Waals surface area contributed by atoms with Crippen molar-refractivity contribution in [1.29, 1.82) is 0 Å². The number of rotatable bonds is 4. The highest BCUT2D eigenvalue weighted by atomic mass is 79.9. The van der Waals surface area contributed by atoms with E-state index in [9.17, 15) is 0 Å². The van der Waals surface area contributed by atoms with E-state index in [-0.39, 0.29) is 0 Å². The fourth-order valence-corrected chi connectivity index (χ4v) is 3.83. The molecule has 3 N–H and O–H groups in total. The van der Waals surface area contributed by atoms with Gasteiger partial charge in [0.25, 0.3) is 0 Å². The van der Waals surface area contributed by atoms with Crippen molar-refractivity contribution in [3.8, 4) is 0 Å². The van der Waals surface area contributed by atoms with Gasteiger partial charge in [-0.1, -0.05) is 0 Å². The quantitative estimate of drug-likeness (QED) is 0.663. The van der Waals surface area contributed by atoms with Gasteiger partial charge in [-0.3, -0.25) is 11.3 Å². The van der Waals surface area contributed by atoms with Crippen LogP contribution in [0.3, 0.4) is 0 Å². The first-order valence-electron chi connectivity index (χ1n) is 5.52. The molecule has 1 aromatic rings. The van der Waals surface area contributed by atoms with Crippen molar-refractivity contribution in [2.75, 3.05) is 6.61 Å². The molecule has 1 fully saturated rings. The summed E-state index contributed by atoms with van der Waals surface area (Å²) in [5.41, 5.74) is 2.94. The molecule has 1 aliphatic rings. The number of nitrogens with two attached hydrogens (primary N) is 1. The van der Waals surface area contributed by atoms with Crippen molar-refractivity contribution in [3.63, 3.8) is 0 Å². The third-order valence-corrected chi connectivity index (χ3v) is 4.86. The van der Waals surface area contributed by atoms with Crippen LogP contribution in [0.25, 0.3) is 0 Å². The Morgan fingerprint density at radius 2 is 2.50 bits per heavy atom. The van der Waals surface area contributed by atoms with Crippen LogP contribution in [-0.4, -0.2) is 18.8 Å². The molecule has 3 unspecified atom stereocenters. The van der Waals surface area contributed by atoms with Gasteiger partial charge in [0.15, 0.2) is 0 Å². The number of nitrogens with one attached hydrogen (secondary N) is 1. The summed E-state index contributed by atoms with van der Waals surface area (Å²) >= 11 is 5.25. The van der Waals surface area contributed by atoms with Crippen molar-refractivity contribution in [2.45, 2.75) is 31.9 Å². The minimum atomic E-state index is 0.308. The van der Waals surface area contributed by atoms with E-state index in [0.29, 0.717) is 18.1 Å². The summed E-state index contributed by atoms with van der Waals surface area (Å²) in [5.74, 6) is 6.18. The maximum atomic E-state index is 5.66. The first-order chi connectivity index (χ1) is 7.70. The maximum absolute atomic E-state index is 5.66. The second kappa shape index (κ2) is 5.60. The molecule has 5 heteroatoms. The lowest BCUT2D eigenvalue weighted by atomic mass is 9.91. The molecular formula is C11H17BrN2OS. The standard InChI is InChI=1S/C11H17BrN2OS/c1-7-9(4-5-15-7)10(14-13)6-8-2-3-11(12)16-8/h2-3,7,9-10,14H,4-6,13H2,1H3. The predicted octanol–water partition coefficient (Wildman–Crippen LogP) is 2.31. The SMILES string of the molecule is CC1OCCC1C(Cc1ccc(Br)s1)NN. The minimum absolute atomic E-state index is 0.308. The van der Waals surface area contributed by atoms with E-state index < -0.39 is 0 Å². The zero-order valence-electron chi connectivity index (χ0n) is 9.28. The van der Waals surface area contributed by atoms with Crippen LogP contribution in [0.1, 0.15) is 18.2 Å². The Balaban J connectivity index is 2.00. The number of ether oxygens (including phenoxy) is 1. The molecule has 1 saturated heterocycles. The van der Waals surface area contributed by atoms with E-state index in [1.807, 2.05) is 0 Å². The van der Waals surface area contributed by atoms with Crippen LogP contribution in [0.4, 0.5) is 0 Å². The smallest absolute Gasteiger partial charge is 0.0701 e. The van der Waals surface area contributed by atoms with Gasteiger partial charge in [0.05, 0.1) is 9.89 Å². The summed E-state index contributed by atoms with van der Waals surface area (Å²) in [6, 6.07) is 4.55. The van der Waals surface area contributed by atoms with Crippen LogP contribution < -0.4 is 11.3 Å². The summed E-state index contributed by atoms with van der Waals surface area (Å²) in [5, 5.41) is 0. The monoisotopic (exact) mass is 304 g/mol. The average molecular weight is 305 g/mol. The van der Waals surface area contributed by atoms with Gasteiger partial charge in [-0.25, -0.2) is 0 Å². The maximum Gasteiger partial charge on any atom is 0.0701 e. The summed E-state index contributed by atoms with van der Waals surface area (Å²) in [6.45, 7) is 2.99. The van der Waals surface area contributed by atoms with Crippen molar-refractivity contribution >= 4 is 27.3 Å². The van der Waals surface area contributed by atoms with Gasteiger partial charge in [0.2, 0.25) is 0 Å². The van der Waals surface area contributed by atoms with Gasteiger partial charge in [-0.05, 0) is 47.8 Å². The predicted molar refractivity (Wildman–Crippen MR) is 70.4 cm³/mol. The molecule has 0 spiro atoms. The van der Waals surface area contributed by atoms with E-state index in [1.54, 1.807) is 11.3 Å². The van der Waals surface area contributed by atoms with E-state index in [0.717, 1.165) is 19.4 Å². The molecule has 0 saturated carbocycles. The topological polar surface area (TPSA) is 47.3 Å². The molecular weight excluding hydrogens is 288 g/mol. The Labute approximate surface area is 108 Å². The number of hydrogen-bond acceptors (Lipinski definition) is 4. The molecule has 0 radical (unpaired) electrons. The minimum Gasteiger partial charge on any atom is -0.378 e. The summed E-state index contributed by atoms with van der Waals surface area (Å²) < 4.78 is 6.76. The lowest BCUT2D eigenvalue weighted by Crippen LogP contribution is -2.44. The molecule has 2 heterocycles. The Morgan fingerprint density at radius 1 is 1.69 bits per heavy atom. The van der Waals surface area contributed by atoms with Gasteiger partial charge in [0, 0.05) is 23.4 Å². The molecule has 0 amide bonds. The van der Waals surface area contributed by atoms with E-state index in [1.165, 1.54) is 8.66 Å². The molecule has 1 aliphatic heterocycles. The number of thiophene rings is 1. The van der Waals surface area contributed by atoms with Gasteiger partial charge < -0.3 is 4.74 Å². The van der Waals surface area contributed by atoms with E-state index >= 15 is 0 Å². The van der Waals surface area contributed by atoms with E-state index in [4.69, 9.17) is 10.6 Å². The van der Waals surface area contributed by atoms with Crippen LogP contribution in [0.15, 0.2) is 15.9 Å². The lowest BCUT2D eigenvalue weighted by Gasteiger charge is -2.24. The zero-order chi connectivity index (χ0) is 11.5. The fraction of sp³-hybridized carbons (Fsp3) is 0.636. The Morgan fingerprint density at radius 3 is 3.00 bits per heavy atom. The molecule has 0 aliphatic carbocycles. The largest absolute Gasteiger partial charge is 0.378 e. The van der Waals surface area contributed by atoms with Crippen LogP contribution in [0.5, 0.6) is 0 Å². The molecule has 0 aromatic carbocycles. The molecule has 1 aromatic heterocycles. The summed E-state index contributed by atoms with van der Waals surface area (Å²) in [6.07, 6.45) is 2.39. The zero-order valence-corrected chi connectivity index (χ0v) is 11.7. The number of hydrazine groups is 1. The van der Waals surface area contributed by atoms with Crippen LogP contribution in [-0.2, 0) is 11.2 Å². The number of halogens is 1. The second-order valence-electron chi connectivity index (χ2n) is 4.21.